The summed E-state index contributed by atoms with van der Waals surface area (Å²) in [6.45, 7) is 4.13. The third kappa shape index (κ3) is 4.36. The molecule has 2 aromatic carbocycles. The fourth-order valence-electron chi connectivity index (χ4n) is 3.64. The van der Waals surface area contributed by atoms with E-state index in [-0.39, 0.29) is 17.9 Å². The Hall–Kier alpha value is -3.45. The van der Waals surface area contributed by atoms with Gasteiger partial charge in [-0.3, -0.25) is 9.59 Å². The number of fused-ring (bicyclic) bond motifs is 1. The number of halogens is 1. The monoisotopic (exact) mass is 435 g/mol. The number of rotatable bonds is 6. The van der Waals surface area contributed by atoms with Crippen molar-refractivity contribution in [2.24, 2.45) is 0 Å². The zero-order chi connectivity index (χ0) is 22.0. The van der Waals surface area contributed by atoms with E-state index in [0.717, 1.165) is 22.5 Å². The number of aryl methyl sites for hydroxylation is 3. The topological polar surface area (TPSA) is 81.8 Å². The molecular formula is C23H22ClN5O2. The van der Waals surface area contributed by atoms with Crippen molar-refractivity contribution in [3.05, 3.63) is 81.4 Å². The number of carbonyl (C=O) groups excluding carboxylic acids is 1. The fraction of sp³-hybridized carbons (Fsp3) is 0.217. The number of amides is 1. The number of nitrogens with one attached hydrogen (secondary N) is 1. The van der Waals surface area contributed by atoms with Gasteiger partial charge in [-0.2, -0.15) is 10.2 Å². The van der Waals surface area contributed by atoms with E-state index >= 15 is 0 Å². The van der Waals surface area contributed by atoms with E-state index < -0.39 is 0 Å². The van der Waals surface area contributed by atoms with Gasteiger partial charge in [0.2, 0.25) is 5.91 Å². The van der Waals surface area contributed by atoms with Crippen molar-refractivity contribution in [1.29, 1.82) is 0 Å². The Balaban J connectivity index is 1.51. The molecule has 0 aliphatic heterocycles. The summed E-state index contributed by atoms with van der Waals surface area (Å²) in [5.41, 5.74) is 3.27. The smallest absolute Gasteiger partial charge is 0.295 e. The average Bonchev–Trinajstić information content (AvgIpc) is 3.10. The Kier molecular flexibility index (Phi) is 5.86. The maximum Gasteiger partial charge on any atom is 0.295 e. The second-order valence-corrected chi connectivity index (χ2v) is 7.77. The number of para-hydroxylation sites is 1. The first-order valence-corrected chi connectivity index (χ1v) is 10.4. The van der Waals surface area contributed by atoms with E-state index in [4.69, 9.17) is 11.6 Å². The van der Waals surface area contributed by atoms with Crippen molar-refractivity contribution in [3.8, 4) is 5.69 Å². The molecule has 0 aliphatic rings. The number of hydrogen-bond donors (Lipinski definition) is 1. The van der Waals surface area contributed by atoms with Gasteiger partial charge in [0.1, 0.15) is 0 Å². The first-order valence-electron chi connectivity index (χ1n) is 10.0. The van der Waals surface area contributed by atoms with Gasteiger partial charge in [-0.15, -0.1) is 0 Å². The van der Waals surface area contributed by atoms with Gasteiger partial charge in [0, 0.05) is 23.7 Å². The van der Waals surface area contributed by atoms with E-state index in [1.807, 2.05) is 44.2 Å². The molecule has 0 saturated heterocycles. The summed E-state index contributed by atoms with van der Waals surface area (Å²) < 4.78 is 3.16. The van der Waals surface area contributed by atoms with E-state index in [1.54, 1.807) is 28.9 Å². The molecule has 0 aliphatic carbocycles. The van der Waals surface area contributed by atoms with Crippen LogP contribution in [0.25, 0.3) is 16.6 Å². The first-order chi connectivity index (χ1) is 14.9. The largest absolute Gasteiger partial charge is 0.326 e. The highest BCUT2D eigenvalue weighted by Gasteiger charge is 2.17. The Labute approximate surface area is 184 Å². The van der Waals surface area contributed by atoms with E-state index in [1.165, 1.54) is 4.68 Å². The molecule has 1 N–H and O–H groups in total. The Morgan fingerprint density at radius 2 is 1.84 bits per heavy atom. The third-order valence-electron chi connectivity index (χ3n) is 5.07. The standard InChI is InChI=1S/C23H22ClN5O2/c1-15-21-16(2)29(19-10-4-3-5-11-19)27-22(21)23(31)28(26-15)13-7-12-20(30)25-18-9-6-8-17(24)14-18/h3-6,8-11,14H,7,12-13H2,1-2H3,(H,25,30). The molecule has 0 unspecified atom stereocenters. The minimum Gasteiger partial charge on any atom is -0.326 e. The van der Waals surface area contributed by atoms with Crippen LogP contribution in [0.1, 0.15) is 24.2 Å². The first kappa shape index (κ1) is 20.8. The van der Waals surface area contributed by atoms with Gasteiger partial charge < -0.3 is 5.32 Å². The summed E-state index contributed by atoms with van der Waals surface area (Å²) >= 11 is 5.94. The lowest BCUT2D eigenvalue weighted by Gasteiger charge is -2.08. The van der Waals surface area contributed by atoms with Gasteiger partial charge in [-0.05, 0) is 50.6 Å². The predicted molar refractivity (Wildman–Crippen MR) is 122 cm³/mol. The second kappa shape index (κ2) is 8.73. The highest BCUT2D eigenvalue weighted by atomic mass is 35.5. The minimum absolute atomic E-state index is 0.141. The van der Waals surface area contributed by atoms with Crippen molar-refractivity contribution >= 4 is 34.1 Å². The van der Waals surface area contributed by atoms with Crippen LogP contribution in [-0.4, -0.2) is 25.5 Å². The van der Waals surface area contributed by atoms with Crippen LogP contribution >= 0.6 is 11.6 Å². The van der Waals surface area contributed by atoms with Crippen molar-refractivity contribution in [3.63, 3.8) is 0 Å². The van der Waals surface area contributed by atoms with Gasteiger partial charge in [0.15, 0.2) is 5.52 Å². The SMILES string of the molecule is Cc1nn(CCCC(=O)Nc2cccc(Cl)c2)c(=O)c2nn(-c3ccccc3)c(C)c12. The van der Waals surface area contributed by atoms with Crippen LogP contribution in [0, 0.1) is 13.8 Å². The molecule has 4 rings (SSSR count). The summed E-state index contributed by atoms with van der Waals surface area (Å²) in [6.07, 6.45) is 0.734. The maximum atomic E-state index is 13.0. The van der Waals surface area contributed by atoms with Crippen molar-refractivity contribution in [2.45, 2.75) is 33.2 Å². The van der Waals surface area contributed by atoms with Crippen LogP contribution in [0.15, 0.2) is 59.4 Å². The average molecular weight is 436 g/mol. The van der Waals surface area contributed by atoms with Gasteiger partial charge in [0.25, 0.3) is 5.56 Å². The summed E-state index contributed by atoms with van der Waals surface area (Å²) in [4.78, 5) is 25.2. The molecule has 4 aromatic rings. The molecule has 1 amide bonds. The molecule has 2 heterocycles. The van der Waals surface area contributed by atoms with Gasteiger partial charge >= 0.3 is 0 Å². The summed E-state index contributed by atoms with van der Waals surface area (Å²) in [5.74, 6) is -0.141. The molecule has 0 saturated carbocycles. The molecule has 158 valence electrons. The second-order valence-electron chi connectivity index (χ2n) is 7.33. The van der Waals surface area contributed by atoms with Crippen LogP contribution < -0.4 is 10.9 Å². The zero-order valence-electron chi connectivity index (χ0n) is 17.3. The highest BCUT2D eigenvalue weighted by molar-refractivity contribution is 6.30. The molecule has 7 nitrogen and oxygen atoms in total. The van der Waals surface area contributed by atoms with Gasteiger partial charge in [0.05, 0.1) is 22.5 Å². The summed E-state index contributed by atoms with van der Waals surface area (Å²) in [6, 6.07) is 16.7. The predicted octanol–water partition coefficient (Wildman–Crippen LogP) is 4.27. The molecule has 0 bridgehead atoms. The maximum absolute atomic E-state index is 13.0. The summed E-state index contributed by atoms with van der Waals surface area (Å²) in [5, 5.41) is 13.2. The van der Waals surface area contributed by atoms with Gasteiger partial charge in [-0.1, -0.05) is 35.9 Å². The van der Waals surface area contributed by atoms with Crippen molar-refractivity contribution in [2.75, 3.05) is 5.32 Å². The molecule has 31 heavy (non-hydrogen) atoms. The van der Waals surface area contributed by atoms with E-state index in [0.29, 0.717) is 29.2 Å². The number of anilines is 1. The number of aromatic nitrogens is 4. The molecule has 8 heteroatoms. The third-order valence-corrected chi connectivity index (χ3v) is 5.30. The lowest BCUT2D eigenvalue weighted by molar-refractivity contribution is -0.116. The van der Waals surface area contributed by atoms with Crippen LogP contribution in [0.3, 0.4) is 0 Å². The van der Waals surface area contributed by atoms with Crippen molar-refractivity contribution < 1.29 is 4.79 Å². The van der Waals surface area contributed by atoms with Crippen LogP contribution in [0.2, 0.25) is 5.02 Å². The highest BCUT2D eigenvalue weighted by Crippen LogP contribution is 2.21. The Morgan fingerprint density at radius 1 is 1.06 bits per heavy atom. The Bertz CT molecular complexity index is 1310. The molecule has 0 atom stereocenters. The van der Waals surface area contributed by atoms with Crippen molar-refractivity contribution in [1.82, 2.24) is 19.6 Å². The molecule has 2 aromatic heterocycles. The summed E-state index contributed by atoms with van der Waals surface area (Å²) in [7, 11) is 0. The minimum atomic E-state index is -0.256. The molecule has 0 radical (unpaired) electrons. The molecule has 0 spiro atoms. The number of benzene rings is 2. The fourth-order valence-corrected chi connectivity index (χ4v) is 3.83. The lowest BCUT2D eigenvalue weighted by Crippen LogP contribution is -2.25. The molecule has 0 fully saturated rings. The number of hydrogen-bond acceptors (Lipinski definition) is 4. The van der Waals surface area contributed by atoms with Crippen LogP contribution in [-0.2, 0) is 11.3 Å². The Morgan fingerprint density at radius 3 is 2.58 bits per heavy atom. The van der Waals surface area contributed by atoms with Crippen LogP contribution in [0.4, 0.5) is 5.69 Å². The van der Waals surface area contributed by atoms with Crippen LogP contribution in [0.5, 0.6) is 0 Å². The normalized spacial score (nSPS) is 11.1. The zero-order valence-corrected chi connectivity index (χ0v) is 18.1. The molecular weight excluding hydrogens is 414 g/mol. The van der Waals surface area contributed by atoms with E-state index in [9.17, 15) is 9.59 Å². The van der Waals surface area contributed by atoms with E-state index in [2.05, 4.69) is 15.5 Å². The lowest BCUT2D eigenvalue weighted by atomic mass is 10.2. The number of carbonyl (C=O) groups is 1. The number of nitrogens with zero attached hydrogens (tertiary/aromatic N) is 4. The quantitative estimate of drug-likeness (QED) is 0.490. The van der Waals surface area contributed by atoms with Gasteiger partial charge in [-0.25, -0.2) is 9.36 Å².